The van der Waals surface area contributed by atoms with Gasteiger partial charge in [0.25, 0.3) is 5.91 Å². The van der Waals surface area contributed by atoms with Crippen LogP contribution in [-0.2, 0) is 6.18 Å². The van der Waals surface area contributed by atoms with Crippen LogP contribution in [0.25, 0.3) is 0 Å². The summed E-state index contributed by atoms with van der Waals surface area (Å²) in [5.41, 5.74) is 0.359. The van der Waals surface area contributed by atoms with Gasteiger partial charge in [0.05, 0.1) is 18.2 Å². The molecular weight excluding hydrogens is 309 g/mol. The number of carbonyl (C=O) groups excluding carboxylic acids is 1. The van der Waals surface area contributed by atoms with Crippen molar-refractivity contribution in [3.05, 3.63) is 52.7 Å². The summed E-state index contributed by atoms with van der Waals surface area (Å²) >= 11 is 0. The van der Waals surface area contributed by atoms with E-state index in [4.69, 9.17) is 4.74 Å². The summed E-state index contributed by atoms with van der Waals surface area (Å²) < 4.78 is 44.2. The molecule has 1 amide bonds. The van der Waals surface area contributed by atoms with Gasteiger partial charge in [-0.15, -0.1) is 0 Å². The molecule has 1 N–H and O–H groups in total. The molecule has 0 saturated carbocycles. The predicted octanol–water partition coefficient (Wildman–Crippen LogP) is 3.98. The van der Waals surface area contributed by atoms with Gasteiger partial charge in [0.1, 0.15) is 0 Å². The van der Waals surface area contributed by atoms with Crippen molar-refractivity contribution >= 4 is 11.6 Å². The van der Waals surface area contributed by atoms with Crippen molar-refractivity contribution in [2.75, 3.05) is 12.4 Å². The lowest BCUT2D eigenvalue weighted by Gasteiger charge is -2.15. The average Bonchev–Trinajstić information content (AvgIpc) is 2.49. The highest BCUT2D eigenvalue weighted by Gasteiger charge is 2.36. The number of anilines is 1. The summed E-state index contributed by atoms with van der Waals surface area (Å²) in [6.07, 6.45) is -3.83. The van der Waals surface area contributed by atoms with Crippen molar-refractivity contribution in [2.45, 2.75) is 20.0 Å². The number of methoxy groups -OCH3 is 1. The molecule has 0 atom stereocenters. The van der Waals surface area contributed by atoms with Gasteiger partial charge in [0, 0.05) is 18.0 Å². The Kier molecular flexibility index (Phi) is 4.58. The van der Waals surface area contributed by atoms with Crippen molar-refractivity contribution in [2.24, 2.45) is 0 Å². The van der Waals surface area contributed by atoms with Crippen molar-refractivity contribution in [1.29, 1.82) is 0 Å². The van der Waals surface area contributed by atoms with Crippen LogP contribution < -0.4 is 10.1 Å². The summed E-state index contributed by atoms with van der Waals surface area (Å²) in [5, 5.41) is 2.52. The smallest absolute Gasteiger partial charge is 0.417 e. The van der Waals surface area contributed by atoms with Crippen molar-refractivity contribution < 1.29 is 22.7 Å². The summed E-state index contributed by atoms with van der Waals surface area (Å²) in [6, 6.07) is 6.04. The minimum atomic E-state index is -4.69. The Hall–Kier alpha value is -2.57. The number of hydrogen-bond donors (Lipinski definition) is 1. The highest BCUT2D eigenvalue weighted by atomic mass is 19.4. The number of halogens is 3. The molecule has 0 saturated heterocycles. The van der Waals surface area contributed by atoms with Crippen LogP contribution in [0.5, 0.6) is 5.88 Å². The first kappa shape index (κ1) is 16.8. The van der Waals surface area contributed by atoms with E-state index in [1.807, 2.05) is 0 Å². The number of nitrogens with one attached hydrogen (secondary N) is 1. The van der Waals surface area contributed by atoms with E-state index in [1.165, 1.54) is 7.11 Å². The summed E-state index contributed by atoms with van der Waals surface area (Å²) in [5.74, 6) is -1.08. The Balaban J connectivity index is 2.44. The highest BCUT2D eigenvalue weighted by molar-refractivity contribution is 6.06. The van der Waals surface area contributed by atoms with Gasteiger partial charge < -0.3 is 10.1 Å². The van der Waals surface area contributed by atoms with Gasteiger partial charge in [0.15, 0.2) is 0 Å². The van der Waals surface area contributed by atoms with Gasteiger partial charge in [-0.2, -0.15) is 13.2 Å². The minimum absolute atomic E-state index is 0.207. The Bertz CT molecular complexity index is 722. The van der Waals surface area contributed by atoms with E-state index in [0.717, 1.165) is 17.3 Å². The number of alkyl halides is 3. The summed E-state index contributed by atoms with van der Waals surface area (Å²) in [4.78, 5) is 16.0. The van der Waals surface area contributed by atoms with E-state index in [2.05, 4.69) is 10.3 Å². The number of rotatable bonds is 3. The summed E-state index contributed by atoms with van der Waals surface area (Å²) in [6.45, 7) is 3.53. The lowest BCUT2D eigenvalue weighted by atomic mass is 10.1. The van der Waals surface area contributed by atoms with Crippen molar-refractivity contribution in [1.82, 2.24) is 4.98 Å². The van der Waals surface area contributed by atoms with Crippen LogP contribution >= 0.6 is 0 Å². The van der Waals surface area contributed by atoms with E-state index < -0.39 is 23.2 Å². The molecule has 0 aliphatic heterocycles. The first-order valence-corrected chi connectivity index (χ1v) is 6.73. The molecule has 4 nitrogen and oxygen atoms in total. The molecule has 122 valence electrons. The second-order valence-corrected chi connectivity index (χ2v) is 4.99. The topological polar surface area (TPSA) is 51.2 Å². The Morgan fingerprint density at radius 2 is 1.83 bits per heavy atom. The zero-order chi connectivity index (χ0) is 17.2. The number of carbonyl (C=O) groups is 1. The minimum Gasteiger partial charge on any atom is -0.481 e. The molecule has 1 aromatic heterocycles. The van der Waals surface area contributed by atoms with E-state index in [1.54, 1.807) is 32.0 Å². The molecule has 2 aromatic rings. The lowest BCUT2D eigenvalue weighted by molar-refractivity contribution is -0.138. The third-order valence-corrected chi connectivity index (χ3v) is 3.36. The maximum absolute atomic E-state index is 13.2. The second-order valence-electron chi connectivity index (χ2n) is 4.99. The van der Waals surface area contributed by atoms with Crippen molar-refractivity contribution in [3.63, 3.8) is 0 Å². The maximum atomic E-state index is 13.2. The Morgan fingerprint density at radius 3 is 2.35 bits per heavy atom. The number of aromatic nitrogens is 1. The van der Waals surface area contributed by atoms with Crippen LogP contribution in [-0.4, -0.2) is 18.0 Å². The zero-order valence-electron chi connectivity index (χ0n) is 12.8. The molecule has 2 rings (SSSR count). The number of ether oxygens (including phenoxy) is 1. The van der Waals surface area contributed by atoms with Gasteiger partial charge in [-0.25, -0.2) is 4.98 Å². The number of aryl methyl sites for hydroxylation is 2. The van der Waals surface area contributed by atoms with Gasteiger partial charge in [0.2, 0.25) is 5.88 Å². The Labute approximate surface area is 131 Å². The first-order valence-electron chi connectivity index (χ1n) is 6.73. The van der Waals surface area contributed by atoms with Crippen LogP contribution in [0, 0.1) is 13.8 Å². The lowest BCUT2D eigenvalue weighted by Crippen LogP contribution is -2.20. The van der Waals surface area contributed by atoms with Gasteiger partial charge in [-0.05, 0) is 25.0 Å². The maximum Gasteiger partial charge on any atom is 0.417 e. The number of para-hydroxylation sites is 1. The molecule has 1 heterocycles. The molecule has 0 bridgehead atoms. The summed E-state index contributed by atoms with van der Waals surface area (Å²) in [7, 11) is 1.21. The molecular formula is C16H15F3N2O2. The third-order valence-electron chi connectivity index (χ3n) is 3.36. The number of amides is 1. The molecule has 0 aliphatic carbocycles. The van der Waals surface area contributed by atoms with Crippen LogP contribution in [0.4, 0.5) is 18.9 Å². The van der Waals surface area contributed by atoms with E-state index in [-0.39, 0.29) is 5.88 Å². The van der Waals surface area contributed by atoms with E-state index in [0.29, 0.717) is 11.8 Å². The number of benzene rings is 1. The largest absolute Gasteiger partial charge is 0.481 e. The SMILES string of the molecule is COc1cc(C(F)(F)F)c(C(=O)Nc2c(C)cccc2C)cn1. The predicted molar refractivity (Wildman–Crippen MR) is 79.7 cm³/mol. The van der Waals surface area contributed by atoms with E-state index >= 15 is 0 Å². The van der Waals surface area contributed by atoms with Crippen LogP contribution in [0.2, 0.25) is 0 Å². The van der Waals surface area contributed by atoms with E-state index in [9.17, 15) is 18.0 Å². The molecule has 0 aliphatic rings. The number of hydrogen-bond acceptors (Lipinski definition) is 3. The molecule has 0 unspecified atom stereocenters. The fraction of sp³-hybridized carbons (Fsp3) is 0.250. The van der Waals surface area contributed by atoms with Crippen LogP contribution in [0.15, 0.2) is 30.5 Å². The molecule has 0 spiro atoms. The quantitative estimate of drug-likeness (QED) is 0.929. The Morgan fingerprint density at radius 1 is 1.22 bits per heavy atom. The molecule has 1 aromatic carbocycles. The second kappa shape index (κ2) is 6.28. The molecule has 0 fully saturated rings. The average molecular weight is 324 g/mol. The van der Waals surface area contributed by atoms with Gasteiger partial charge in [-0.1, -0.05) is 18.2 Å². The van der Waals surface area contributed by atoms with Crippen molar-refractivity contribution in [3.8, 4) is 5.88 Å². The fourth-order valence-corrected chi connectivity index (χ4v) is 2.16. The van der Waals surface area contributed by atoms with Crippen LogP contribution in [0.3, 0.4) is 0 Å². The molecule has 0 radical (unpaired) electrons. The zero-order valence-corrected chi connectivity index (χ0v) is 12.8. The van der Waals surface area contributed by atoms with Gasteiger partial charge >= 0.3 is 6.18 Å². The van der Waals surface area contributed by atoms with Gasteiger partial charge in [-0.3, -0.25) is 4.79 Å². The number of pyridine rings is 1. The third kappa shape index (κ3) is 3.61. The number of nitrogens with zero attached hydrogens (tertiary/aromatic N) is 1. The highest BCUT2D eigenvalue weighted by Crippen LogP contribution is 2.34. The molecule has 7 heteroatoms. The van der Waals surface area contributed by atoms with Crippen LogP contribution in [0.1, 0.15) is 27.0 Å². The normalized spacial score (nSPS) is 11.2. The monoisotopic (exact) mass is 324 g/mol. The first-order chi connectivity index (χ1) is 10.7. The standard InChI is InChI=1S/C16H15F3N2O2/c1-9-5-4-6-10(2)14(9)21-15(22)11-8-20-13(23-3)7-12(11)16(17,18)19/h4-8H,1-3H3,(H,21,22). The fourth-order valence-electron chi connectivity index (χ4n) is 2.16. The molecule has 23 heavy (non-hydrogen) atoms.